The van der Waals surface area contributed by atoms with Crippen molar-refractivity contribution in [3.05, 3.63) is 12.2 Å². The average Bonchev–Trinajstić information content (AvgIpc) is 1.97. The van der Waals surface area contributed by atoms with Gasteiger partial charge in [-0.15, -0.1) is 6.42 Å². The van der Waals surface area contributed by atoms with E-state index in [1.807, 2.05) is 0 Å². The van der Waals surface area contributed by atoms with Crippen LogP contribution in [0.4, 0.5) is 0 Å². The number of carboxylic acid groups (broad SMARTS) is 1. The normalized spacial score (nSPS) is 8.64. The van der Waals surface area contributed by atoms with Gasteiger partial charge >= 0.3 is 5.97 Å². The minimum absolute atomic E-state index is 0.141. The molecule has 0 saturated carbocycles. The van der Waals surface area contributed by atoms with Crippen molar-refractivity contribution in [1.29, 1.82) is 0 Å². The van der Waals surface area contributed by atoms with Crippen LogP contribution in [0.2, 0.25) is 0 Å². The van der Waals surface area contributed by atoms with Crippen molar-refractivity contribution in [2.24, 2.45) is 0 Å². The summed E-state index contributed by atoms with van der Waals surface area (Å²) in [5.41, 5.74) is 0.141. The number of carboxylic acids is 1. The third-order valence-corrected chi connectivity index (χ3v) is 1.04. The molecule has 0 bridgehead atoms. The van der Waals surface area contributed by atoms with E-state index in [9.17, 15) is 4.79 Å². The molecule has 1 N–H and O–H groups in total. The summed E-state index contributed by atoms with van der Waals surface area (Å²) in [6.07, 6.45) is 5.21. The molecule has 0 radical (unpaired) electrons. The van der Waals surface area contributed by atoms with Crippen molar-refractivity contribution in [2.45, 2.75) is 6.42 Å². The Kier molecular flexibility index (Phi) is 4.87. The topological polar surface area (TPSA) is 46.5 Å². The van der Waals surface area contributed by atoms with Gasteiger partial charge in [0.2, 0.25) is 0 Å². The van der Waals surface area contributed by atoms with Gasteiger partial charge in [-0.2, -0.15) is 0 Å². The van der Waals surface area contributed by atoms with Gasteiger partial charge in [0.05, 0.1) is 6.61 Å². The Morgan fingerprint density at radius 3 is 2.82 bits per heavy atom. The molecular weight excluding hydrogens is 144 g/mol. The number of hydrogen-bond acceptors (Lipinski definition) is 2. The van der Waals surface area contributed by atoms with Crippen LogP contribution >= 0.6 is 0 Å². The van der Waals surface area contributed by atoms with E-state index in [1.165, 1.54) is 0 Å². The number of terminal acetylenes is 1. The van der Waals surface area contributed by atoms with E-state index in [0.717, 1.165) is 0 Å². The first kappa shape index (κ1) is 9.73. The van der Waals surface area contributed by atoms with Gasteiger partial charge in [-0.3, -0.25) is 0 Å². The molecule has 60 valence electrons. The van der Waals surface area contributed by atoms with Gasteiger partial charge in [-0.05, 0) is 0 Å². The summed E-state index contributed by atoms with van der Waals surface area (Å²) in [6.45, 7) is 3.85. The lowest BCUT2D eigenvalue weighted by atomic mass is 10.2. The molecule has 11 heavy (non-hydrogen) atoms. The molecule has 3 heteroatoms. The van der Waals surface area contributed by atoms with Crippen LogP contribution in [0.25, 0.3) is 0 Å². The third kappa shape index (κ3) is 5.19. The summed E-state index contributed by atoms with van der Waals surface area (Å²) in [5, 5.41) is 8.34. The van der Waals surface area contributed by atoms with Crippen molar-refractivity contribution in [3.63, 3.8) is 0 Å². The Morgan fingerprint density at radius 2 is 2.36 bits per heavy atom. The molecule has 0 aromatic carbocycles. The second-order valence-electron chi connectivity index (χ2n) is 1.92. The molecule has 0 atom stereocenters. The van der Waals surface area contributed by atoms with Crippen molar-refractivity contribution in [2.75, 3.05) is 13.2 Å². The van der Waals surface area contributed by atoms with Crippen LogP contribution in [0, 0.1) is 12.3 Å². The molecule has 0 aliphatic rings. The Labute approximate surface area is 65.7 Å². The summed E-state index contributed by atoms with van der Waals surface area (Å²) < 4.78 is 4.84. The molecule has 0 aliphatic heterocycles. The number of ether oxygens (including phenoxy) is 1. The first-order chi connectivity index (χ1) is 5.18. The van der Waals surface area contributed by atoms with E-state index in [-0.39, 0.29) is 12.2 Å². The lowest BCUT2D eigenvalue weighted by molar-refractivity contribution is -0.132. The molecule has 0 heterocycles. The minimum Gasteiger partial charge on any atom is -0.478 e. The lowest BCUT2D eigenvalue weighted by Gasteiger charge is -1.98. The highest BCUT2D eigenvalue weighted by Crippen LogP contribution is 1.97. The molecule has 0 aromatic rings. The maximum absolute atomic E-state index is 10.2. The van der Waals surface area contributed by atoms with Crippen LogP contribution in [0.3, 0.4) is 0 Å². The van der Waals surface area contributed by atoms with E-state index in [0.29, 0.717) is 13.0 Å². The molecule has 0 aromatic heterocycles. The number of rotatable bonds is 5. The molecule has 0 aliphatic carbocycles. The maximum atomic E-state index is 10.2. The Bertz CT molecular complexity index is 188. The Hall–Kier alpha value is -1.27. The van der Waals surface area contributed by atoms with Gasteiger partial charge in [0, 0.05) is 12.0 Å². The first-order valence-corrected chi connectivity index (χ1v) is 3.10. The fraction of sp³-hybridized carbons (Fsp3) is 0.375. The van der Waals surface area contributed by atoms with Gasteiger partial charge in [-0.1, -0.05) is 12.5 Å². The molecular formula is C8H10O3. The standard InChI is InChI=1S/C8H10O3/c1-3-5-11-6-4-7(2)8(9)10/h1H,2,4-6H2,(H,9,10). The fourth-order valence-electron chi connectivity index (χ4n) is 0.433. The highest BCUT2D eigenvalue weighted by molar-refractivity contribution is 5.85. The van der Waals surface area contributed by atoms with E-state index >= 15 is 0 Å². The van der Waals surface area contributed by atoms with Gasteiger partial charge < -0.3 is 9.84 Å². The van der Waals surface area contributed by atoms with E-state index in [2.05, 4.69) is 12.5 Å². The summed E-state index contributed by atoms with van der Waals surface area (Å²) in [6, 6.07) is 0. The van der Waals surface area contributed by atoms with Gasteiger partial charge in [0.25, 0.3) is 0 Å². The second kappa shape index (κ2) is 5.51. The zero-order chi connectivity index (χ0) is 8.69. The predicted octanol–water partition coefficient (Wildman–Crippen LogP) is 0.667. The Balaban J connectivity index is 3.34. The lowest BCUT2D eigenvalue weighted by Crippen LogP contribution is -2.03. The van der Waals surface area contributed by atoms with Crippen LogP contribution in [-0.2, 0) is 9.53 Å². The minimum atomic E-state index is -0.991. The zero-order valence-corrected chi connectivity index (χ0v) is 6.17. The van der Waals surface area contributed by atoms with Gasteiger partial charge in [-0.25, -0.2) is 4.79 Å². The van der Waals surface area contributed by atoms with Crippen molar-refractivity contribution >= 4 is 5.97 Å². The maximum Gasteiger partial charge on any atom is 0.331 e. The highest BCUT2D eigenvalue weighted by Gasteiger charge is 2.01. The molecule has 0 amide bonds. The summed E-state index contributed by atoms with van der Waals surface area (Å²) in [4.78, 5) is 10.2. The van der Waals surface area contributed by atoms with Crippen molar-refractivity contribution in [3.8, 4) is 12.3 Å². The number of carbonyl (C=O) groups is 1. The van der Waals surface area contributed by atoms with Crippen LogP contribution in [-0.4, -0.2) is 24.3 Å². The molecule has 0 spiro atoms. The smallest absolute Gasteiger partial charge is 0.331 e. The van der Waals surface area contributed by atoms with Crippen molar-refractivity contribution < 1.29 is 14.6 Å². The summed E-state index contributed by atoms with van der Waals surface area (Å²) in [7, 11) is 0. The summed E-state index contributed by atoms with van der Waals surface area (Å²) >= 11 is 0. The van der Waals surface area contributed by atoms with E-state index in [4.69, 9.17) is 16.3 Å². The van der Waals surface area contributed by atoms with Crippen LogP contribution in [0.1, 0.15) is 6.42 Å². The number of aliphatic carboxylic acids is 1. The fourth-order valence-corrected chi connectivity index (χ4v) is 0.433. The molecule has 3 nitrogen and oxygen atoms in total. The Morgan fingerprint density at radius 1 is 1.73 bits per heavy atom. The van der Waals surface area contributed by atoms with Crippen LogP contribution in [0.5, 0.6) is 0 Å². The van der Waals surface area contributed by atoms with Crippen LogP contribution < -0.4 is 0 Å². The monoisotopic (exact) mass is 154 g/mol. The zero-order valence-electron chi connectivity index (χ0n) is 6.17. The quantitative estimate of drug-likeness (QED) is 0.359. The van der Waals surface area contributed by atoms with Gasteiger partial charge in [0.15, 0.2) is 0 Å². The second-order valence-corrected chi connectivity index (χ2v) is 1.92. The van der Waals surface area contributed by atoms with Crippen LogP contribution in [0.15, 0.2) is 12.2 Å². The average molecular weight is 154 g/mol. The first-order valence-electron chi connectivity index (χ1n) is 3.10. The molecule has 0 saturated heterocycles. The molecule has 0 rings (SSSR count). The highest BCUT2D eigenvalue weighted by atomic mass is 16.5. The SMILES string of the molecule is C#CCOCCC(=C)C(=O)O. The molecule has 0 fully saturated rings. The summed E-state index contributed by atoms with van der Waals surface area (Å²) in [5.74, 6) is 1.28. The predicted molar refractivity (Wildman–Crippen MR) is 41.0 cm³/mol. The van der Waals surface area contributed by atoms with E-state index in [1.54, 1.807) is 0 Å². The third-order valence-electron chi connectivity index (χ3n) is 1.04. The van der Waals surface area contributed by atoms with E-state index < -0.39 is 5.97 Å². The van der Waals surface area contributed by atoms with Crippen molar-refractivity contribution in [1.82, 2.24) is 0 Å². The van der Waals surface area contributed by atoms with Gasteiger partial charge in [0.1, 0.15) is 6.61 Å². The molecule has 0 unspecified atom stereocenters. The largest absolute Gasteiger partial charge is 0.478 e. The number of hydrogen-bond donors (Lipinski definition) is 1.